The van der Waals surface area contributed by atoms with Crippen molar-refractivity contribution in [3.05, 3.63) is 47.1 Å². The first-order chi connectivity index (χ1) is 15.7. The van der Waals surface area contributed by atoms with Gasteiger partial charge < -0.3 is 10.6 Å². The maximum absolute atomic E-state index is 4.99. The molecule has 0 unspecified atom stereocenters. The van der Waals surface area contributed by atoms with Gasteiger partial charge in [-0.15, -0.1) is 10.2 Å². The number of rotatable bonds is 8. The average molecular weight is 449 g/mol. The summed E-state index contributed by atoms with van der Waals surface area (Å²) in [6, 6.07) is 8.94. The molecule has 1 saturated carbocycles. The summed E-state index contributed by atoms with van der Waals surface area (Å²) in [5, 5.41) is 17.5. The number of benzene rings is 1. The third-order valence-electron chi connectivity index (χ3n) is 5.90. The molecule has 6 nitrogen and oxygen atoms in total. The van der Waals surface area contributed by atoms with E-state index in [1.54, 1.807) is 11.3 Å². The van der Waals surface area contributed by atoms with E-state index in [0.717, 1.165) is 45.9 Å². The fraction of sp³-hybridized carbons (Fsp3) is 0.440. The first-order valence-electron chi connectivity index (χ1n) is 11.6. The number of aryl methyl sites for hydroxylation is 1. The first-order valence-corrected chi connectivity index (χ1v) is 12.4. The van der Waals surface area contributed by atoms with Crippen LogP contribution in [0.25, 0.3) is 27.5 Å². The molecule has 0 atom stereocenters. The smallest absolute Gasteiger partial charge is 0.161 e. The summed E-state index contributed by atoms with van der Waals surface area (Å²) < 4.78 is 0. The lowest BCUT2D eigenvalue weighted by atomic mass is 9.95. The molecule has 0 spiro atoms. The molecule has 1 fully saturated rings. The Labute approximate surface area is 194 Å². The summed E-state index contributed by atoms with van der Waals surface area (Å²) >= 11 is 1.58. The van der Waals surface area contributed by atoms with E-state index < -0.39 is 0 Å². The lowest BCUT2D eigenvalue weighted by molar-refractivity contribution is 0.462. The second kappa shape index (κ2) is 10.8. The topological polar surface area (TPSA) is 75.6 Å². The summed E-state index contributed by atoms with van der Waals surface area (Å²) in [6.45, 7) is 7.98. The monoisotopic (exact) mass is 448 g/mol. The second-order valence-corrected chi connectivity index (χ2v) is 9.42. The average Bonchev–Trinajstić information content (AvgIpc) is 3.26. The first kappa shape index (κ1) is 22.6. The minimum atomic E-state index is 0.445. The number of nitrogens with one attached hydrogen (secondary N) is 2. The molecule has 0 amide bonds. The van der Waals surface area contributed by atoms with E-state index in [2.05, 4.69) is 65.0 Å². The van der Waals surface area contributed by atoms with Crippen LogP contribution in [0.5, 0.6) is 0 Å². The number of hydrogen-bond donors (Lipinski definition) is 2. The Morgan fingerprint density at radius 1 is 1.19 bits per heavy atom. The van der Waals surface area contributed by atoms with Gasteiger partial charge in [-0.3, -0.25) is 0 Å². The van der Waals surface area contributed by atoms with Crippen molar-refractivity contribution < 1.29 is 0 Å². The molecule has 1 aromatic carbocycles. The summed E-state index contributed by atoms with van der Waals surface area (Å²) in [5.74, 6) is 1.59. The van der Waals surface area contributed by atoms with E-state index in [4.69, 9.17) is 9.97 Å². The van der Waals surface area contributed by atoms with Crippen LogP contribution in [0.4, 0.5) is 5.82 Å². The molecule has 2 aromatic heterocycles. The van der Waals surface area contributed by atoms with E-state index in [0.29, 0.717) is 6.04 Å². The molecular formula is C25H32N6S. The third-order valence-corrected chi connectivity index (χ3v) is 6.77. The maximum atomic E-state index is 4.99. The van der Waals surface area contributed by atoms with Gasteiger partial charge in [0.05, 0.1) is 5.56 Å². The van der Waals surface area contributed by atoms with Crippen LogP contribution in [0, 0.1) is 6.92 Å². The summed E-state index contributed by atoms with van der Waals surface area (Å²) in [5.41, 5.74) is 4.42. The van der Waals surface area contributed by atoms with Gasteiger partial charge >= 0.3 is 0 Å². The summed E-state index contributed by atoms with van der Waals surface area (Å²) in [4.78, 5) is 9.72. The molecule has 3 aromatic rings. The van der Waals surface area contributed by atoms with Crippen molar-refractivity contribution in [2.24, 2.45) is 0 Å². The number of likely N-dealkylation sites (N-methyl/N-ethyl adjacent to an activating group) is 1. The molecule has 7 heteroatoms. The minimum Gasteiger partial charge on any atom is -0.367 e. The van der Waals surface area contributed by atoms with Gasteiger partial charge in [-0.2, -0.15) is 0 Å². The number of aromatic nitrogens is 4. The Morgan fingerprint density at radius 3 is 2.75 bits per heavy atom. The van der Waals surface area contributed by atoms with Crippen molar-refractivity contribution in [3.8, 4) is 22.0 Å². The molecule has 0 saturated heterocycles. The standard InChI is InChI=1S/C25H32N6S/c1-4-18(15-26-5-2)19-10-9-11-20(14-19)23-27-16-22(25-31-30-17(3)32-25)24(29-23)28-21-12-7-6-8-13-21/h4,9-11,14,16,21,26H,5-8,12-13,15H2,1-3H3,(H,27,28,29)/b18-4+. The van der Waals surface area contributed by atoms with Crippen LogP contribution in [0.2, 0.25) is 0 Å². The van der Waals surface area contributed by atoms with Crippen LogP contribution in [0.1, 0.15) is 56.5 Å². The van der Waals surface area contributed by atoms with E-state index in [1.807, 2.05) is 13.1 Å². The van der Waals surface area contributed by atoms with E-state index >= 15 is 0 Å². The van der Waals surface area contributed by atoms with Crippen molar-refractivity contribution in [1.29, 1.82) is 0 Å². The van der Waals surface area contributed by atoms with Gasteiger partial charge in [0.15, 0.2) is 10.8 Å². The molecule has 1 aliphatic rings. The highest BCUT2D eigenvalue weighted by atomic mass is 32.1. The van der Waals surface area contributed by atoms with Gasteiger partial charge in [0, 0.05) is 24.3 Å². The van der Waals surface area contributed by atoms with Gasteiger partial charge in [0.1, 0.15) is 10.8 Å². The van der Waals surface area contributed by atoms with Crippen molar-refractivity contribution in [2.45, 2.75) is 58.9 Å². The van der Waals surface area contributed by atoms with Crippen LogP contribution < -0.4 is 10.6 Å². The molecule has 0 radical (unpaired) electrons. The number of hydrogen-bond acceptors (Lipinski definition) is 7. The predicted octanol–water partition coefficient (Wildman–Crippen LogP) is 5.73. The number of nitrogens with zero attached hydrogens (tertiary/aromatic N) is 4. The molecule has 168 valence electrons. The SMILES string of the molecule is C/C=C(\CNCC)c1cccc(-c2ncc(-c3nnc(C)s3)c(NC3CCCCC3)n2)c1. The lowest BCUT2D eigenvalue weighted by Crippen LogP contribution is -2.23. The largest absolute Gasteiger partial charge is 0.367 e. The van der Waals surface area contributed by atoms with E-state index in [-0.39, 0.29) is 0 Å². The zero-order valence-corrected chi connectivity index (χ0v) is 20.0. The quantitative estimate of drug-likeness (QED) is 0.458. The molecule has 0 aliphatic heterocycles. The highest BCUT2D eigenvalue weighted by Gasteiger charge is 2.19. The van der Waals surface area contributed by atoms with Gasteiger partial charge in [0.2, 0.25) is 0 Å². The highest BCUT2D eigenvalue weighted by molar-refractivity contribution is 7.14. The predicted molar refractivity (Wildman–Crippen MR) is 134 cm³/mol. The van der Waals surface area contributed by atoms with Gasteiger partial charge in [-0.05, 0) is 50.4 Å². The van der Waals surface area contributed by atoms with Crippen LogP contribution in [-0.4, -0.2) is 39.3 Å². The zero-order valence-electron chi connectivity index (χ0n) is 19.2. The molecule has 2 heterocycles. The summed E-state index contributed by atoms with van der Waals surface area (Å²) in [7, 11) is 0. The van der Waals surface area contributed by atoms with Crippen molar-refractivity contribution in [3.63, 3.8) is 0 Å². The zero-order chi connectivity index (χ0) is 22.3. The molecule has 1 aliphatic carbocycles. The van der Waals surface area contributed by atoms with Crippen molar-refractivity contribution in [2.75, 3.05) is 18.4 Å². The Balaban J connectivity index is 1.69. The maximum Gasteiger partial charge on any atom is 0.161 e. The Hall–Kier alpha value is -2.64. The Morgan fingerprint density at radius 2 is 2.03 bits per heavy atom. The van der Waals surface area contributed by atoms with Gasteiger partial charge in [-0.25, -0.2) is 9.97 Å². The Kier molecular flexibility index (Phi) is 7.60. The fourth-order valence-electron chi connectivity index (χ4n) is 4.12. The highest BCUT2D eigenvalue weighted by Crippen LogP contribution is 2.32. The molecule has 4 rings (SSSR count). The number of allylic oxidation sites excluding steroid dienone is 1. The van der Waals surface area contributed by atoms with Gasteiger partial charge in [0.25, 0.3) is 0 Å². The van der Waals surface area contributed by atoms with Crippen LogP contribution in [-0.2, 0) is 0 Å². The molecular weight excluding hydrogens is 416 g/mol. The van der Waals surface area contributed by atoms with Crippen molar-refractivity contribution >= 4 is 22.7 Å². The normalized spacial score (nSPS) is 15.2. The second-order valence-electron chi connectivity index (χ2n) is 8.24. The van der Waals surface area contributed by atoms with Crippen LogP contribution in [0.3, 0.4) is 0 Å². The lowest BCUT2D eigenvalue weighted by Gasteiger charge is -2.24. The van der Waals surface area contributed by atoms with E-state index in [9.17, 15) is 0 Å². The van der Waals surface area contributed by atoms with Crippen LogP contribution in [0.15, 0.2) is 36.5 Å². The van der Waals surface area contributed by atoms with Gasteiger partial charge in [-0.1, -0.05) is 61.8 Å². The molecule has 2 N–H and O–H groups in total. The van der Waals surface area contributed by atoms with E-state index in [1.165, 1.54) is 43.2 Å². The summed E-state index contributed by atoms with van der Waals surface area (Å²) in [6.07, 6.45) is 10.3. The van der Waals surface area contributed by atoms with Crippen LogP contribution >= 0.6 is 11.3 Å². The number of anilines is 1. The third kappa shape index (κ3) is 5.40. The fourth-order valence-corrected chi connectivity index (χ4v) is 4.82. The Bertz CT molecular complexity index is 1070. The molecule has 0 bridgehead atoms. The van der Waals surface area contributed by atoms with Crippen molar-refractivity contribution in [1.82, 2.24) is 25.5 Å². The minimum absolute atomic E-state index is 0.445. The molecule has 32 heavy (non-hydrogen) atoms.